The normalized spacial score (nSPS) is 18.4. The summed E-state index contributed by atoms with van der Waals surface area (Å²) in [7, 11) is -3.06. The standard InChI is InChI=1S/C19H22BrNO5S/c1-2-9-21(15-8-10-27(23,24)13-15)19(22)18-7-6-17(26-18)12-25-16-5-3-4-14(20)11-16/h3-7,11,15H,2,8-10,12-13H2,1H3. The molecule has 1 aromatic carbocycles. The van der Waals surface area contributed by atoms with E-state index in [2.05, 4.69) is 15.9 Å². The van der Waals surface area contributed by atoms with Crippen molar-refractivity contribution >= 4 is 31.7 Å². The predicted molar refractivity (Wildman–Crippen MR) is 106 cm³/mol. The van der Waals surface area contributed by atoms with E-state index in [4.69, 9.17) is 9.15 Å². The van der Waals surface area contributed by atoms with Crippen LogP contribution in [0.3, 0.4) is 0 Å². The third-order valence-corrected chi connectivity index (χ3v) is 6.67. The minimum absolute atomic E-state index is 0.0261. The molecule has 3 rings (SSSR count). The van der Waals surface area contributed by atoms with Crippen LogP contribution in [0.4, 0.5) is 0 Å². The first-order valence-corrected chi connectivity index (χ1v) is 11.5. The van der Waals surface area contributed by atoms with Gasteiger partial charge in [-0.05, 0) is 43.2 Å². The summed E-state index contributed by atoms with van der Waals surface area (Å²) < 4.78 is 35.8. The Morgan fingerprint density at radius 1 is 1.33 bits per heavy atom. The third-order valence-electron chi connectivity index (χ3n) is 4.42. The minimum atomic E-state index is -3.06. The van der Waals surface area contributed by atoms with Gasteiger partial charge in [-0.2, -0.15) is 0 Å². The summed E-state index contributed by atoms with van der Waals surface area (Å²) in [6.45, 7) is 2.67. The Morgan fingerprint density at radius 3 is 2.81 bits per heavy atom. The van der Waals surface area contributed by atoms with Gasteiger partial charge < -0.3 is 14.1 Å². The molecule has 1 atom stereocenters. The van der Waals surface area contributed by atoms with E-state index >= 15 is 0 Å². The first-order valence-electron chi connectivity index (χ1n) is 8.86. The second-order valence-corrected chi connectivity index (χ2v) is 9.71. The van der Waals surface area contributed by atoms with E-state index in [-0.39, 0.29) is 35.8 Å². The van der Waals surface area contributed by atoms with Crippen LogP contribution in [0, 0.1) is 0 Å². The van der Waals surface area contributed by atoms with Crippen molar-refractivity contribution in [2.24, 2.45) is 0 Å². The van der Waals surface area contributed by atoms with Gasteiger partial charge in [-0.25, -0.2) is 8.42 Å². The van der Waals surface area contributed by atoms with Crippen LogP contribution in [0.25, 0.3) is 0 Å². The fourth-order valence-corrected chi connectivity index (χ4v) is 5.24. The molecule has 2 aromatic rings. The number of hydrogen-bond donors (Lipinski definition) is 0. The second-order valence-electron chi connectivity index (χ2n) is 6.57. The Labute approximate surface area is 167 Å². The number of amides is 1. The average molecular weight is 456 g/mol. The Kier molecular flexibility index (Phi) is 6.26. The smallest absolute Gasteiger partial charge is 0.289 e. The quantitative estimate of drug-likeness (QED) is 0.636. The molecule has 0 N–H and O–H groups in total. The van der Waals surface area contributed by atoms with Gasteiger partial charge in [-0.1, -0.05) is 28.9 Å². The van der Waals surface area contributed by atoms with Crippen molar-refractivity contribution < 1.29 is 22.4 Å². The van der Waals surface area contributed by atoms with Gasteiger partial charge in [0.1, 0.15) is 18.1 Å². The number of furan rings is 1. The van der Waals surface area contributed by atoms with Gasteiger partial charge in [0, 0.05) is 17.1 Å². The third kappa shape index (κ3) is 5.13. The molecule has 0 saturated carbocycles. The van der Waals surface area contributed by atoms with Crippen LogP contribution in [-0.4, -0.2) is 43.3 Å². The Bertz CT molecular complexity index is 908. The fraction of sp³-hybridized carbons (Fsp3) is 0.421. The van der Waals surface area contributed by atoms with Crippen LogP contribution in [0.1, 0.15) is 36.1 Å². The number of halogens is 1. The van der Waals surface area contributed by atoms with Crippen LogP contribution in [-0.2, 0) is 16.4 Å². The van der Waals surface area contributed by atoms with Crippen LogP contribution in [0.2, 0.25) is 0 Å². The van der Waals surface area contributed by atoms with Gasteiger partial charge in [0.2, 0.25) is 0 Å². The zero-order valence-corrected chi connectivity index (χ0v) is 17.5. The Balaban J connectivity index is 1.67. The molecule has 0 bridgehead atoms. The SMILES string of the molecule is CCCN(C(=O)c1ccc(COc2cccc(Br)c2)o1)C1CCS(=O)(=O)C1. The Hall–Kier alpha value is -1.80. The second kappa shape index (κ2) is 8.48. The number of sulfone groups is 1. The van der Waals surface area contributed by atoms with E-state index in [1.807, 2.05) is 31.2 Å². The van der Waals surface area contributed by atoms with Gasteiger partial charge in [-0.15, -0.1) is 0 Å². The van der Waals surface area contributed by atoms with Crippen molar-refractivity contribution in [3.63, 3.8) is 0 Å². The first kappa shape index (κ1) is 19.9. The number of nitrogens with zero attached hydrogens (tertiary/aromatic N) is 1. The molecule has 1 aliphatic heterocycles. The number of carbonyl (C=O) groups excluding carboxylic acids is 1. The number of carbonyl (C=O) groups is 1. The summed E-state index contributed by atoms with van der Waals surface area (Å²) in [4.78, 5) is 14.5. The molecule has 146 valence electrons. The van der Waals surface area contributed by atoms with E-state index in [9.17, 15) is 13.2 Å². The molecular weight excluding hydrogens is 434 g/mol. The first-order chi connectivity index (χ1) is 12.9. The van der Waals surface area contributed by atoms with Crippen molar-refractivity contribution in [2.45, 2.75) is 32.4 Å². The van der Waals surface area contributed by atoms with E-state index < -0.39 is 9.84 Å². The number of benzene rings is 1. The predicted octanol–water partition coefficient (Wildman–Crippen LogP) is 3.66. The molecule has 1 aromatic heterocycles. The van der Waals surface area contributed by atoms with Gasteiger partial charge in [0.15, 0.2) is 15.6 Å². The maximum atomic E-state index is 12.9. The zero-order chi connectivity index (χ0) is 19.4. The lowest BCUT2D eigenvalue weighted by atomic mass is 10.2. The molecule has 0 spiro atoms. The van der Waals surface area contributed by atoms with Crippen molar-refractivity contribution in [3.05, 3.63) is 52.4 Å². The minimum Gasteiger partial charge on any atom is -0.486 e. The topological polar surface area (TPSA) is 76.8 Å². The van der Waals surface area contributed by atoms with E-state index in [1.165, 1.54) is 0 Å². The van der Waals surface area contributed by atoms with Gasteiger partial charge in [0.05, 0.1) is 11.5 Å². The molecule has 2 heterocycles. The lowest BCUT2D eigenvalue weighted by Crippen LogP contribution is -2.41. The summed E-state index contributed by atoms with van der Waals surface area (Å²) >= 11 is 3.39. The highest BCUT2D eigenvalue weighted by atomic mass is 79.9. The number of hydrogen-bond acceptors (Lipinski definition) is 5. The highest BCUT2D eigenvalue weighted by Crippen LogP contribution is 2.23. The maximum absolute atomic E-state index is 12.9. The van der Waals surface area contributed by atoms with Crippen LogP contribution in [0.15, 0.2) is 45.3 Å². The van der Waals surface area contributed by atoms with Gasteiger partial charge >= 0.3 is 0 Å². The van der Waals surface area contributed by atoms with Crippen LogP contribution >= 0.6 is 15.9 Å². The van der Waals surface area contributed by atoms with Gasteiger partial charge in [0.25, 0.3) is 5.91 Å². The molecule has 0 aliphatic carbocycles. The van der Waals surface area contributed by atoms with Gasteiger partial charge in [-0.3, -0.25) is 4.79 Å². The van der Waals surface area contributed by atoms with E-state index in [0.29, 0.717) is 24.5 Å². The van der Waals surface area contributed by atoms with Crippen molar-refractivity contribution in [2.75, 3.05) is 18.1 Å². The molecule has 1 saturated heterocycles. The van der Waals surface area contributed by atoms with Crippen molar-refractivity contribution in [1.82, 2.24) is 4.90 Å². The number of rotatable bonds is 7. The van der Waals surface area contributed by atoms with Crippen LogP contribution in [0.5, 0.6) is 5.75 Å². The number of ether oxygens (including phenoxy) is 1. The summed E-state index contributed by atoms with van der Waals surface area (Å²) in [5, 5.41) is 0. The maximum Gasteiger partial charge on any atom is 0.289 e. The molecule has 27 heavy (non-hydrogen) atoms. The fourth-order valence-electron chi connectivity index (χ4n) is 3.14. The Morgan fingerprint density at radius 2 is 2.15 bits per heavy atom. The highest BCUT2D eigenvalue weighted by molar-refractivity contribution is 9.10. The lowest BCUT2D eigenvalue weighted by Gasteiger charge is -2.26. The zero-order valence-electron chi connectivity index (χ0n) is 15.1. The molecule has 1 unspecified atom stereocenters. The summed E-state index contributed by atoms with van der Waals surface area (Å²) in [5.74, 6) is 1.33. The van der Waals surface area contributed by atoms with E-state index in [1.54, 1.807) is 17.0 Å². The molecular formula is C19H22BrNO5S. The average Bonchev–Trinajstić information content (AvgIpc) is 3.24. The molecule has 0 radical (unpaired) electrons. The van der Waals surface area contributed by atoms with Crippen LogP contribution < -0.4 is 4.74 Å². The van der Waals surface area contributed by atoms with Crippen molar-refractivity contribution in [1.29, 1.82) is 0 Å². The molecule has 1 amide bonds. The monoisotopic (exact) mass is 455 g/mol. The molecule has 1 aliphatic rings. The molecule has 6 nitrogen and oxygen atoms in total. The highest BCUT2D eigenvalue weighted by Gasteiger charge is 2.35. The van der Waals surface area contributed by atoms with E-state index in [0.717, 1.165) is 10.9 Å². The summed E-state index contributed by atoms with van der Waals surface area (Å²) in [5.41, 5.74) is 0. The van der Waals surface area contributed by atoms with Crippen molar-refractivity contribution in [3.8, 4) is 5.75 Å². The summed E-state index contributed by atoms with van der Waals surface area (Å²) in [6.07, 6.45) is 1.23. The lowest BCUT2D eigenvalue weighted by molar-refractivity contribution is 0.0660. The largest absolute Gasteiger partial charge is 0.486 e. The summed E-state index contributed by atoms with van der Waals surface area (Å²) in [6, 6.07) is 10.5. The molecule has 8 heteroatoms. The molecule has 1 fully saturated rings.